The summed E-state index contributed by atoms with van der Waals surface area (Å²) in [6.07, 6.45) is 2.01. The topological polar surface area (TPSA) is 68.0 Å². The first-order chi connectivity index (χ1) is 9.26. The second-order valence-electron chi connectivity index (χ2n) is 6.31. The molecule has 0 fully saturated rings. The Kier molecular flexibility index (Phi) is 5.71. The van der Waals surface area contributed by atoms with Crippen molar-refractivity contribution in [2.45, 2.75) is 64.8 Å². The van der Waals surface area contributed by atoms with E-state index in [4.69, 9.17) is 5.73 Å². The molecule has 1 aromatic rings. The summed E-state index contributed by atoms with van der Waals surface area (Å²) in [5.41, 5.74) is 6.40. The van der Waals surface area contributed by atoms with Crippen LogP contribution in [0.4, 0.5) is 0 Å². The van der Waals surface area contributed by atoms with Crippen molar-refractivity contribution in [3.8, 4) is 0 Å². The first kappa shape index (κ1) is 17.1. The van der Waals surface area contributed by atoms with Crippen molar-refractivity contribution in [3.63, 3.8) is 0 Å². The quantitative estimate of drug-likeness (QED) is 0.848. The molecule has 0 radical (unpaired) electrons. The van der Waals surface area contributed by atoms with Gasteiger partial charge in [0.15, 0.2) is 0 Å². The van der Waals surface area contributed by atoms with Gasteiger partial charge in [0.2, 0.25) is 5.91 Å². The Bertz CT molecular complexity index is 436. The number of nitrogens with two attached hydrogens (primary N) is 1. The van der Waals surface area contributed by atoms with Gasteiger partial charge in [0.05, 0.1) is 22.7 Å². The number of thiazole rings is 1. The van der Waals surface area contributed by atoms with Crippen LogP contribution in [-0.2, 0) is 16.6 Å². The molecule has 1 heterocycles. The molecule has 0 spiro atoms. The van der Waals surface area contributed by atoms with Crippen molar-refractivity contribution < 1.29 is 4.79 Å². The van der Waals surface area contributed by atoms with E-state index < -0.39 is 0 Å². The van der Waals surface area contributed by atoms with Crippen LogP contribution in [0.15, 0.2) is 5.38 Å². The van der Waals surface area contributed by atoms with Gasteiger partial charge in [0.25, 0.3) is 0 Å². The normalized spacial score (nSPS) is 12.5. The Morgan fingerprint density at radius 3 is 2.35 bits per heavy atom. The highest BCUT2D eigenvalue weighted by Gasteiger charge is 2.26. The summed E-state index contributed by atoms with van der Waals surface area (Å²) in [6, 6.07) is 0. The molecule has 0 unspecified atom stereocenters. The molecule has 0 aliphatic heterocycles. The molecule has 0 saturated heterocycles. The summed E-state index contributed by atoms with van der Waals surface area (Å²) in [5.74, 6) is 0.00455. The first-order valence-corrected chi connectivity index (χ1v) is 8.10. The first-order valence-electron chi connectivity index (χ1n) is 7.22. The fourth-order valence-electron chi connectivity index (χ4n) is 2.00. The number of aromatic nitrogens is 1. The fraction of sp³-hybridized carbons (Fsp3) is 0.733. The predicted octanol–water partition coefficient (Wildman–Crippen LogP) is 2.62. The Morgan fingerprint density at radius 1 is 1.35 bits per heavy atom. The van der Waals surface area contributed by atoms with Gasteiger partial charge in [-0.2, -0.15) is 0 Å². The lowest BCUT2D eigenvalue weighted by atomic mass is 9.92. The van der Waals surface area contributed by atoms with Gasteiger partial charge in [-0.1, -0.05) is 34.6 Å². The molecule has 1 amide bonds. The molecule has 5 heteroatoms. The lowest BCUT2D eigenvalue weighted by Crippen LogP contribution is -2.53. The number of nitrogens with one attached hydrogen (secondary N) is 1. The molecule has 0 aromatic carbocycles. The van der Waals surface area contributed by atoms with E-state index in [1.807, 2.05) is 5.38 Å². The van der Waals surface area contributed by atoms with Crippen LogP contribution in [0.25, 0.3) is 0 Å². The third-order valence-corrected chi connectivity index (χ3v) is 5.00. The SMILES string of the molecule is CCC(CC)(CN)NC(=O)Cc1csc(C(C)(C)C)n1. The van der Waals surface area contributed by atoms with Crippen LogP contribution in [0.3, 0.4) is 0 Å². The average Bonchev–Trinajstić information content (AvgIpc) is 2.84. The summed E-state index contributed by atoms with van der Waals surface area (Å²) < 4.78 is 0. The minimum Gasteiger partial charge on any atom is -0.349 e. The monoisotopic (exact) mass is 297 g/mol. The molecular weight excluding hydrogens is 270 g/mol. The second-order valence-corrected chi connectivity index (χ2v) is 7.17. The Morgan fingerprint density at radius 2 is 1.95 bits per heavy atom. The van der Waals surface area contributed by atoms with E-state index in [9.17, 15) is 4.79 Å². The Balaban J connectivity index is 2.69. The van der Waals surface area contributed by atoms with Gasteiger partial charge in [-0.15, -0.1) is 11.3 Å². The Hall–Kier alpha value is -0.940. The minimum atomic E-state index is -0.278. The maximum atomic E-state index is 12.2. The minimum absolute atomic E-state index is 0.00455. The number of carbonyl (C=O) groups is 1. The van der Waals surface area contributed by atoms with E-state index in [1.54, 1.807) is 11.3 Å². The van der Waals surface area contributed by atoms with Crippen molar-refractivity contribution in [1.82, 2.24) is 10.3 Å². The van der Waals surface area contributed by atoms with Crippen LogP contribution in [0.5, 0.6) is 0 Å². The van der Waals surface area contributed by atoms with Gasteiger partial charge in [0, 0.05) is 17.3 Å². The summed E-state index contributed by atoms with van der Waals surface area (Å²) >= 11 is 1.62. The number of amides is 1. The van der Waals surface area contributed by atoms with Gasteiger partial charge >= 0.3 is 0 Å². The van der Waals surface area contributed by atoms with Crippen molar-refractivity contribution in [3.05, 3.63) is 16.1 Å². The van der Waals surface area contributed by atoms with Gasteiger partial charge < -0.3 is 11.1 Å². The van der Waals surface area contributed by atoms with Gasteiger partial charge in [-0.25, -0.2) is 4.98 Å². The average molecular weight is 297 g/mol. The van der Waals surface area contributed by atoms with E-state index in [0.29, 0.717) is 13.0 Å². The van der Waals surface area contributed by atoms with Gasteiger partial charge in [-0.3, -0.25) is 4.79 Å². The zero-order valence-corrected chi connectivity index (χ0v) is 14.1. The molecule has 1 aromatic heterocycles. The molecular formula is C15H27N3OS. The van der Waals surface area contributed by atoms with Gasteiger partial charge in [-0.05, 0) is 12.8 Å². The molecule has 0 bridgehead atoms. The van der Waals surface area contributed by atoms with Crippen LogP contribution < -0.4 is 11.1 Å². The molecule has 114 valence electrons. The zero-order valence-electron chi connectivity index (χ0n) is 13.2. The number of rotatable bonds is 6. The van der Waals surface area contributed by atoms with Crippen LogP contribution in [0.2, 0.25) is 0 Å². The highest BCUT2D eigenvalue weighted by Crippen LogP contribution is 2.25. The third-order valence-electron chi connectivity index (χ3n) is 3.68. The highest BCUT2D eigenvalue weighted by atomic mass is 32.1. The van der Waals surface area contributed by atoms with Crippen molar-refractivity contribution in [1.29, 1.82) is 0 Å². The summed E-state index contributed by atoms with van der Waals surface area (Å²) in [7, 11) is 0. The summed E-state index contributed by atoms with van der Waals surface area (Å²) in [6.45, 7) is 11.0. The highest BCUT2D eigenvalue weighted by molar-refractivity contribution is 7.09. The lowest BCUT2D eigenvalue weighted by Gasteiger charge is -2.31. The lowest BCUT2D eigenvalue weighted by molar-refractivity contribution is -0.122. The number of carbonyl (C=O) groups excluding carboxylic acids is 1. The standard InChI is InChI=1S/C15H27N3OS/c1-6-15(7-2,10-16)18-12(19)8-11-9-20-13(17-11)14(3,4)5/h9H,6-8,10,16H2,1-5H3,(H,18,19). The van der Waals surface area contributed by atoms with E-state index in [1.165, 1.54) is 0 Å². The largest absolute Gasteiger partial charge is 0.349 e. The molecule has 0 saturated carbocycles. The second kappa shape index (κ2) is 6.68. The van der Waals surface area contributed by atoms with Crippen LogP contribution in [-0.4, -0.2) is 23.0 Å². The fourth-order valence-corrected chi connectivity index (χ4v) is 2.91. The molecule has 0 aliphatic carbocycles. The summed E-state index contributed by atoms with van der Waals surface area (Å²) in [5, 5.41) is 6.12. The molecule has 0 aliphatic rings. The van der Waals surface area contributed by atoms with E-state index in [0.717, 1.165) is 23.5 Å². The molecule has 0 atom stereocenters. The smallest absolute Gasteiger partial charge is 0.226 e. The third kappa shape index (κ3) is 4.28. The maximum absolute atomic E-state index is 12.2. The van der Waals surface area contributed by atoms with Crippen LogP contribution >= 0.6 is 11.3 Å². The number of nitrogens with zero attached hydrogens (tertiary/aromatic N) is 1. The molecule has 3 N–H and O–H groups in total. The maximum Gasteiger partial charge on any atom is 0.226 e. The molecule has 1 rings (SSSR count). The van der Waals surface area contributed by atoms with E-state index in [2.05, 4.69) is 44.9 Å². The van der Waals surface area contributed by atoms with E-state index in [-0.39, 0.29) is 16.9 Å². The molecule has 4 nitrogen and oxygen atoms in total. The van der Waals surface area contributed by atoms with Crippen molar-refractivity contribution in [2.24, 2.45) is 5.73 Å². The summed E-state index contributed by atoms with van der Waals surface area (Å²) in [4.78, 5) is 16.7. The zero-order chi connectivity index (χ0) is 15.4. The number of hydrogen-bond donors (Lipinski definition) is 2. The van der Waals surface area contributed by atoms with E-state index >= 15 is 0 Å². The van der Waals surface area contributed by atoms with Crippen molar-refractivity contribution >= 4 is 17.2 Å². The van der Waals surface area contributed by atoms with Crippen LogP contribution in [0, 0.1) is 0 Å². The van der Waals surface area contributed by atoms with Crippen LogP contribution in [0.1, 0.15) is 58.2 Å². The van der Waals surface area contributed by atoms with Crippen molar-refractivity contribution in [2.75, 3.05) is 6.54 Å². The van der Waals surface area contributed by atoms with Gasteiger partial charge in [0.1, 0.15) is 0 Å². The predicted molar refractivity (Wildman–Crippen MR) is 85.0 cm³/mol. The Labute approximate surface area is 126 Å². The number of hydrogen-bond acceptors (Lipinski definition) is 4. The molecule has 20 heavy (non-hydrogen) atoms.